The van der Waals surface area contributed by atoms with E-state index in [0.29, 0.717) is 6.42 Å². The fourth-order valence-electron chi connectivity index (χ4n) is 1.32. The van der Waals surface area contributed by atoms with Crippen LogP contribution in [0.5, 0.6) is 0 Å². The standard InChI is InChI=1S/C11H21NO2/c1-4-6-8-12-9(3)10(7-5-2)11(13)14/h10H,4-8H2,1-3H3,(H,13,14). The number of hydrogen-bond donors (Lipinski definition) is 1. The molecule has 3 heteroatoms. The van der Waals surface area contributed by atoms with Gasteiger partial charge in [0, 0.05) is 12.3 Å². The first-order valence-corrected chi connectivity index (χ1v) is 5.37. The SMILES string of the molecule is CCCCN=C(C)C(CCC)C(=O)O. The number of unbranched alkanes of at least 4 members (excludes halogenated alkanes) is 1. The molecule has 0 saturated carbocycles. The molecular weight excluding hydrogens is 178 g/mol. The van der Waals surface area contributed by atoms with Gasteiger partial charge in [0.1, 0.15) is 0 Å². The predicted molar refractivity (Wildman–Crippen MR) is 58.9 cm³/mol. The summed E-state index contributed by atoms with van der Waals surface area (Å²) in [6.45, 7) is 6.68. The highest BCUT2D eigenvalue weighted by Gasteiger charge is 2.18. The van der Waals surface area contributed by atoms with E-state index in [0.717, 1.165) is 31.5 Å². The van der Waals surface area contributed by atoms with Gasteiger partial charge in [0.2, 0.25) is 0 Å². The van der Waals surface area contributed by atoms with Crippen LogP contribution in [0.1, 0.15) is 46.5 Å². The van der Waals surface area contributed by atoms with E-state index >= 15 is 0 Å². The molecule has 1 unspecified atom stereocenters. The van der Waals surface area contributed by atoms with E-state index in [4.69, 9.17) is 5.11 Å². The third-order valence-electron chi connectivity index (χ3n) is 2.25. The zero-order chi connectivity index (χ0) is 11.0. The normalized spacial score (nSPS) is 14.1. The Morgan fingerprint density at radius 1 is 1.36 bits per heavy atom. The first-order valence-electron chi connectivity index (χ1n) is 5.37. The van der Waals surface area contributed by atoms with Crippen molar-refractivity contribution in [1.29, 1.82) is 0 Å². The van der Waals surface area contributed by atoms with E-state index in [1.807, 2.05) is 13.8 Å². The van der Waals surface area contributed by atoms with Gasteiger partial charge in [-0.2, -0.15) is 0 Å². The van der Waals surface area contributed by atoms with Crippen molar-refractivity contribution in [1.82, 2.24) is 0 Å². The van der Waals surface area contributed by atoms with Crippen LogP contribution in [-0.4, -0.2) is 23.3 Å². The van der Waals surface area contributed by atoms with Crippen molar-refractivity contribution in [3.8, 4) is 0 Å². The van der Waals surface area contributed by atoms with Gasteiger partial charge in [-0.25, -0.2) is 0 Å². The van der Waals surface area contributed by atoms with E-state index in [2.05, 4.69) is 11.9 Å². The lowest BCUT2D eigenvalue weighted by molar-refractivity contribution is -0.139. The Bertz CT molecular complexity index is 199. The Labute approximate surface area is 86.2 Å². The first-order chi connectivity index (χ1) is 6.63. The van der Waals surface area contributed by atoms with Gasteiger partial charge in [0.15, 0.2) is 0 Å². The second-order valence-electron chi connectivity index (χ2n) is 3.56. The van der Waals surface area contributed by atoms with E-state index in [1.54, 1.807) is 0 Å². The van der Waals surface area contributed by atoms with Gasteiger partial charge in [-0.15, -0.1) is 0 Å². The van der Waals surface area contributed by atoms with Crippen molar-refractivity contribution in [2.45, 2.75) is 46.5 Å². The number of carboxylic acid groups (broad SMARTS) is 1. The van der Waals surface area contributed by atoms with Gasteiger partial charge in [-0.05, 0) is 19.8 Å². The minimum atomic E-state index is -0.746. The molecule has 0 fully saturated rings. The largest absolute Gasteiger partial charge is 0.481 e. The molecule has 0 heterocycles. The van der Waals surface area contributed by atoms with Crippen molar-refractivity contribution >= 4 is 11.7 Å². The average molecular weight is 199 g/mol. The summed E-state index contributed by atoms with van der Waals surface area (Å²) in [6.07, 6.45) is 3.71. The maximum Gasteiger partial charge on any atom is 0.312 e. The van der Waals surface area contributed by atoms with Crippen LogP contribution in [0.3, 0.4) is 0 Å². The fraction of sp³-hybridized carbons (Fsp3) is 0.818. The molecule has 0 aromatic carbocycles. The van der Waals surface area contributed by atoms with Crippen molar-refractivity contribution in [3.05, 3.63) is 0 Å². The number of carboxylic acids is 1. The Morgan fingerprint density at radius 2 is 2.00 bits per heavy atom. The van der Waals surface area contributed by atoms with Crippen molar-refractivity contribution in [2.24, 2.45) is 10.9 Å². The van der Waals surface area contributed by atoms with Gasteiger partial charge in [-0.3, -0.25) is 9.79 Å². The molecule has 0 aliphatic heterocycles. The van der Waals surface area contributed by atoms with Crippen LogP contribution in [0.2, 0.25) is 0 Å². The highest BCUT2D eigenvalue weighted by atomic mass is 16.4. The number of aliphatic imine (C=N–C) groups is 1. The molecule has 1 N–H and O–H groups in total. The third kappa shape index (κ3) is 5.00. The minimum Gasteiger partial charge on any atom is -0.481 e. The molecule has 0 amide bonds. The quantitative estimate of drug-likeness (QED) is 0.506. The number of nitrogens with zero attached hydrogens (tertiary/aromatic N) is 1. The monoisotopic (exact) mass is 199 g/mol. The summed E-state index contributed by atoms with van der Waals surface area (Å²) in [4.78, 5) is 15.2. The van der Waals surface area contributed by atoms with Crippen LogP contribution < -0.4 is 0 Å². The molecule has 0 aromatic rings. The summed E-state index contributed by atoms with van der Waals surface area (Å²) < 4.78 is 0. The Kier molecular flexibility index (Phi) is 7.07. The molecule has 0 spiro atoms. The zero-order valence-electron chi connectivity index (χ0n) is 9.42. The van der Waals surface area contributed by atoms with Gasteiger partial charge < -0.3 is 5.11 Å². The molecule has 3 nitrogen and oxygen atoms in total. The third-order valence-corrected chi connectivity index (χ3v) is 2.25. The average Bonchev–Trinajstić information content (AvgIpc) is 2.13. The zero-order valence-corrected chi connectivity index (χ0v) is 9.42. The van der Waals surface area contributed by atoms with Crippen molar-refractivity contribution in [3.63, 3.8) is 0 Å². The summed E-state index contributed by atoms with van der Waals surface area (Å²) in [5, 5.41) is 8.95. The molecule has 1 atom stereocenters. The second kappa shape index (κ2) is 7.54. The predicted octanol–water partition coefficient (Wildman–Crippen LogP) is 2.75. The lowest BCUT2D eigenvalue weighted by Gasteiger charge is -2.10. The highest BCUT2D eigenvalue weighted by Crippen LogP contribution is 2.09. The molecule has 0 aromatic heterocycles. The first kappa shape index (κ1) is 13.1. The van der Waals surface area contributed by atoms with Crippen LogP contribution in [0.15, 0.2) is 4.99 Å². The van der Waals surface area contributed by atoms with Gasteiger partial charge >= 0.3 is 5.97 Å². The summed E-state index contributed by atoms with van der Waals surface area (Å²) >= 11 is 0. The van der Waals surface area contributed by atoms with Crippen LogP contribution in [0, 0.1) is 5.92 Å². The van der Waals surface area contributed by atoms with E-state index in [1.165, 1.54) is 0 Å². The van der Waals surface area contributed by atoms with Gasteiger partial charge in [-0.1, -0.05) is 26.7 Å². The molecule has 0 bridgehead atoms. The second-order valence-corrected chi connectivity index (χ2v) is 3.56. The molecule has 0 rings (SSSR count). The summed E-state index contributed by atoms with van der Waals surface area (Å²) in [5.74, 6) is -1.12. The molecule has 0 aliphatic carbocycles. The topological polar surface area (TPSA) is 49.7 Å². The van der Waals surface area contributed by atoms with E-state index < -0.39 is 5.97 Å². The maximum absolute atomic E-state index is 10.9. The van der Waals surface area contributed by atoms with E-state index in [9.17, 15) is 4.79 Å². The van der Waals surface area contributed by atoms with Crippen LogP contribution in [0.25, 0.3) is 0 Å². The fourth-order valence-corrected chi connectivity index (χ4v) is 1.32. The van der Waals surface area contributed by atoms with Crippen LogP contribution in [-0.2, 0) is 4.79 Å². The highest BCUT2D eigenvalue weighted by molar-refractivity contribution is 6.00. The molecule has 0 saturated heterocycles. The molecule has 14 heavy (non-hydrogen) atoms. The van der Waals surface area contributed by atoms with Crippen LogP contribution >= 0.6 is 0 Å². The molecule has 82 valence electrons. The molecular formula is C11H21NO2. The summed E-state index contributed by atoms with van der Waals surface area (Å²) in [7, 11) is 0. The Balaban J connectivity index is 4.19. The van der Waals surface area contributed by atoms with Gasteiger partial charge in [0.05, 0.1) is 5.92 Å². The maximum atomic E-state index is 10.9. The smallest absolute Gasteiger partial charge is 0.312 e. The van der Waals surface area contributed by atoms with Crippen molar-refractivity contribution < 1.29 is 9.90 Å². The summed E-state index contributed by atoms with van der Waals surface area (Å²) in [6, 6.07) is 0. The van der Waals surface area contributed by atoms with Crippen LogP contribution in [0.4, 0.5) is 0 Å². The summed E-state index contributed by atoms with van der Waals surface area (Å²) in [5.41, 5.74) is 0.771. The lowest BCUT2D eigenvalue weighted by atomic mass is 9.99. The van der Waals surface area contributed by atoms with E-state index in [-0.39, 0.29) is 5.92 Å². The molecule has 0 aliphatic rings. The van der Waals surface area contributed by atoms with Crippen molar-refractivity contribution in [2.75, 3.05) is 6.54 Å². The minimum absolute atomic E-state index is 0.378. The number of rotatable bonds is 7. The lowest BCUT2D eigenvalue weighted by Crippen LogP contribution is -2.21. The Hall–Kier alpha value is -0.860. The Morgan fingerprint density at radius 3 is 2.43 bits per heavy atom. The number of hydrogen-bond acceptors (Lipinski definition) is 2. The number of aliphatic carboxylic acids is 1. The molecule has 0 radical (unpaired) electrons. The van der Waals surface area contributed by atoms with Gasteiger partial charge in [0.25, 0.3) is 0 Å². The number of carbonyl (C=O) groups is 1.